The van der Waals surface area contributed by atoms with E-state index in [1.165, 1.54) is 0 Å². The summed E-state index contributed by atoms with van der Waals surface area (Å²) in [6.07, 6.45) is 0. The SMILES string of the molecule is CC1(C)OB(c2ccc(Cl)cc2Sc2ccccc2)OC1(C)C. The molecule has 0 saturated carbocycles. The van der Waals surface area contributed by atoms with Gasteiger partial charge in [0.25, 0.3) is 0 Å². The number of hydrogen-bond acceptors (Lipinski definition) is 3. The highest BCUT2D eigenvalue weighted by Crippen LogP contribution is 2.38. The zero-order valence-corrected chi connectivity index (χ0v) is 15.4. The fourth-order valence-corrected chi connectivity index (χ4v) is 3.63. The number of hydrogen-bond donors (Lipinski definition) is 0. The lowest BCUT2D eigenvalue weighted by Crippen LogP contribution is -2.41. The van der Waals surface area contributed by atoms with Crippen molar-refractivity contribution in [2.75, 3.05) is 0 Å². The predicted molar refractivity (Wildman–Crippen MR) is 97.7 cm³/mol. The second-order valence-electron chi connectivity index (χ2n) is 6.69. The first-order valence-corrected chi connectivity index (χ1v) is 8.86. The van der Waals surface area contributed by atoms with Crippen LogP contribution in [0.4, 0.5) is 0 Å². The summed E-state index contributed by atoms with van der Waals surface area (Å²) in [5.74, 6) is 0. The average Bonchev–Trinajstić information content (AvgIpc) is 2.68. The molecule has 3 rings (SSSR count). The van der Waals surface area contributed by atoms with Crippen LogP contribution < -0.4 is 5.46 Å². The van der Waals surface area contributed by atoms with Gasteiger partial charge in [-0.2, -0.15) is 0 Å². The Hall–Kier alpha value is -0.935. The van der Waals surface area contributed by atoms with Gasteiger partial charge >= 0.3 is 7.12 Å². The van der Waals surface area contributed by atoms with Crippen LogP contribution in [0.2, 0.25) is 5.02 Å². The van der Waals surface area contributed by atoms with Crippen molar-refractivity contribution in [1.29, 1.82) is 0 Å². The van der Waals surface area contributed by atoms with Crippen LogP contribution in [0, 0.1) is 0 Å². The number of halogens is 1. The van der Waals surface area contributed by atoms with Gasteiger partial charge in [0.2, 0.25) is 0 Å². The Morgan fingerprint density at radius 1 is 0.913 bits per heavy atom. The van der Waals surface area contributed by atoms with Gasteiger partial charge in [-0.05, 0) is 57.4 Å². The topological polar surface area (TPSA) is 18.5 Å². The van der Waals surface area contributed by atoms with Crippen molar-refractivity contribution < 1.29 is 9.31 Å². The van der Waals surface area contributed by atoms with Crippen molar-refractivity contribution in [3.8, 4) is 0 Å². The summed E-state index contributed by atoms with van der Waals surface area (Å²) in [5, 5.41) is 0.712. The van der Waals surface area contributed by atoms with E-state index in [1.807, 2.05) is 36.4 Å². The quantitative estimate of drug-likeness (QED) is 0.744. The molecule has 0 spiro atoms. The zero-order valence-electron chi connectivity index (χ0n) is 13.8. The van der Waals surface area contributed by atoms with Gasteiger partial charge in [-0.15, -0.1) is 0 Å². The van der Waals surface area contributed by atoms with E-state index in [1.54, 1.807) is 11.8 Å². The Labute approximate surface area is 147 Å². The lowest BCUT2D eigenvalue weighted by Gasteiger charge is -2.32. The highest BCUT2D eigenvalue weighted by Gasteiger charge is 2.52. The molecule has 23 heavy (non-hydrogen) atoms. The molecular weight excluding hydrogens is 327 g/mol. The molecule has 2 nitrogen and oxygen atoms in total. The maximum Gasteiger partial charge on any atom is 0.496 e. The largest absolute Gasteiger partial charge is 0.496 e. The van der Waals surface area contributed by atoms with Crippen molar-refractivity contribution in [1.82, 2.24) is 0 Å². The highest BCUT2D eigenvalue weighted by atomic mass is 35.5. The van der Waals surface area contributed by atoms with E-state index >= 15 is 0 Å². The van der Waals surface area contributed by atoms with Crippen LogP contribution in [-0.2, 0) is 9.31 Å². The second-order valence-corrected chi connectivity index (χ2v) is 8.24. The van der Waals surface area contributed by atoms with Crippen molar-refractivity contribution >= 4 is 35.9 Å². The third kappa shape index (κ3) is 3.46. The molecule has 1 heterocycles. The van der Waals surface area contributed by atoms with Gasteiger partial charge in [0.1, 0.15) is 0 Å². The molecule has 0 radical (unpaired) electrons. The highest BCUT2D eigenvalue weighted by molar-refractivity contribution is 7.99. The zero-order chi connectivity index (χ0) is 16.7. The van der Waals surface area contributed by atoms with Crippen LogP contribution >= 0.6 is 23.4 Å². The summed E-state index contributed by atoms with van der Waals surface area (Å²) in [7, 11) is -0.386. The van der Waals surface area contributed by atoms with E-state index in [9.17, 15) is 0 Å². The lowest BCUT2D eigenvalue weighted by molar-refractivity contribution is 0.00578. The van der Waals surface area contributed by atoms with Crippen molar-refractivity contribution in [2.24, 2.45) is 0 Å². The average molecular weight is 347 g/mol. The number of benzene rings is 2. The Kier molecular flexibility index (Phi) is 4.54. The van der Waals surface area contributed by atoms with Crippen molar-refractivity contribution in [3.63, 3.8) is 0 Å². The van der Waals surface area contributed by atoms with Gasteiger partial charge in [0.05, 0.1) is 11.2 Å². The molecule has 120 valence electrons. The molecule has 0 aliphatic carbocycles. The lowest BCUT2D eigenvalue weighted by atomic mass is 9.79. The van der Waals surface area contributed by atoms with Gasteiger partial charge in [-0.25, -0.2) is 0 Å². The minimum Gasteiger partial charge on any atom is -0.399 e. The fourth-order valence-electron chi connectivity index (χ4n) is 2.38. The van der Waals surface area contributed by atoms with E-state index in [4.69, 9.17) is 20.9 Å². The van der Waals surface area contributed by atoms with Gasteiger partial charge in [0.15, 0.2) is 0 Å². The predicted octanol–water partition coefficient (Wildman–Crippen LogP) is 4.79. The number of rotatable bonds is 3. The first-order chi connectivity index (χ1) is 10.8. The Morgan fingerprint density at radius 2 is 1.52 bits per heavy atom. The molecule has 0 unspecified atom stereocenters. The van der Waals surface area contributed by atoms with E-state index in [0.29, 0.717) is 5.02 Å². The van der Waals surface area contributed by atoms with E-state index < -0.39 is 0 Å². The standard InChI is InChI=1S/C18H20BClO2S/c1-17(2)18(3,4)22-19(21-17)15-11-10-13(20)12-16(15)23-14-8-6-5-7-9-14/h5-12H,1-4H3. The molecule has 1 saturated heterocycles. The van der Waals surface area contributed by atoms with Crippen LogP contribution in [0.5, 0.6) is 0 Å². The smallest absolute Gasteiger partial charge is 0.399 e. The summed E-state index contributed by atoms with van der Waals surface area (Å²) in [5.41, 5.74) is 0.305. The Morgan fingerprint density at radius 3 is 2.13 bits per heavy atom. The van der Waals surface area contributed by atoms with Crippen LogP contribution in [-0.4, -0.2) is 18.3 Å². The van der Waals surface area contributed by atoms with E-state index in [0.717, 1.165) is 15.3 Å². The fraction of sp³-hybridized carbons (Fsp3) is 0.333. The molecule has 0 bridgehead atoms. The van der Waals surface area contributed by atoms with Crippen LogP contribution in [0.25, 0.3) is 0 Å². The Bertz CT molecular complexity index is 687. The summed E-state index contributed by atoms with van der Waals surface area (Å²) in [6.45, 7) is 8.25. The molecule has 5 heteroatoms. The molecule has 1 aliphatic heterocycles. The second kappa shape index (κ2) is 6.17. The summed E-state index contributed by atoms with van der Waals surface area (Å²) in [4.78, 5) is 2.22. The molecule has 0 amide bonds. The molecule has 0 N–H and O–H groups in total. The van der Waals surface area contributed by atoms with Gasteiger partial charge < -0.3 is 9.31 Å². The molecule has 0 atom stereocenters. The monoisotopic (exact) mass is 346 g/mol. The normalized spacial score (nSPS) is 19.1. The van der Waals surface area contributed by atoms with E-state index in [2.05, 4.69) is 39.8 Å². The molecule has 1 fully saturated rings. The van der Waals surface area contributed by atoms with Crippen molar-refractivity contribution in [3.05, 3.63) is 53.6 Å². The minimum atomic E-state index is -0.386. The van der Waals surface area contributed by atoms with Gasteiger partial charge in [0, 0.05) is 14.8 Å². The van der Waals surface area contributed by atoms with Crippen LogP contribution in [0.1, 0.15) is 27.7 Å². The summed E-state index contributed by atoms with van der Waals surface area (Å²) >= 11 is 7.88. The molecule has 0 aromatic heterocycles. The first-order valence-electron chi connectivity index (χ1n) is 7.66. The van der Waals surface area contributed by atoms with Crippen LogP contribution in [0.15, 0.2) is 58.3 Å². The van der Waals surface area contributed by atoms with Crippen molar-refractivity contribution in [2.45, 2.75) is 48.7 Å². The summed E-state index contributed by atoms with van der Waals surface area (Å²) < 4.78 is 12.4. The maximum atomic E-state index is 6.21. The third-order valence-corrected chi connectivity index (χ3v) is 5.77. The summed E-state index contributed by atoms with van der Waals surface area (Å²) in [6, 6.07) is 16.1. The van der Waals surface area contributed by atoms with Gasteiger partial charge in [-0.1, -0.05) is 47.6 Å². The minimum absolute atomic E-state index is 0.355. The van der Waals surface area contributed by atoms with Crippen LogP contribution in [0.3, 0.4) is 0 Å². The van der Waals surface area contributed by atoms with Gasteiger partial charge in [-0.3, -0.25) is 0 Å². The van der Waals surface area contributed by atoms with E-state index in [-0.39, 0.29) is 18.3 Å². The maximum absolute atomic E-state index is 6.21. The molecule has 2 aromatic rings. The molecule has 2 aromatic carbocycles. The molecule has 1 aliphatic rings. The Balaban J connectivity index is 1.94. The molecular formula is C18H20BClO2S. The first kappa shape index (κ1) is 16.9. The third-order valence-electron chi connectivity index (χ3n) is 4.45.